The normalized spacial score (nSPS) is 13.5. The van der Waals surface area contributed by atoms with E-state index >= 15 is 0 Å². The lowest BCUT2D eigenvalue weighted by Gasteiger charge is -2.16. The molecular formula is C26H22ClN3O3. The molecule has 1 heterocycles. The molecule has 0 spiro atoms. The van der Waals surface area contributed by atoms with E-state index in [0.29, 0.717) is 33.1 Å². The second-order valence-electron chi connectivity index (χ2n) is 7.79. The molecule has 0 saturated carbocycles. The van der Waals surface area contributed by atoms with Crippen molar-refractivity contribution in [3.05, 3.63) is 100 Å². The average Bonchev–Trinajstić information content (AvgIpc) is 3.01. The molecular weight excluding hydrogens is 438 g/mol. The van der Waals surface area contributed by atoms with Crippen LogP contribution < -0.4 is 10.6 Å². The van der Waals surface area contributed by atoms with Crippen molar-refractivity contribution >= 4 is 46.3 Å². The Morgan fingerprint density at radius 3 is 2.15 bits per heavy atom. The van der Waals surface area contributed by atoms with Crippen molar-refractivity contribution in [3.8, 4) is 0 Å². The summed E-state index contributed by atoms with van der Waals surface area (Å²) in [6, 6.07) is 21.5. The van der Waals surface area contributed by atoms with E-state index in [0.717, 1.165) is 5.56 Å². The molecule has 6 nitrogen and oxygen atoms in total. The maximum absolute atomic E-state index is 13.4. The summed E-state index contributed by atoms with van der Waals surface area (Å²) in [6.07, 6.45) is 0. The first kappa shape index (κ1) is 22.3. The van der Waals surface area contributed by atoms with Gasteiger partial charge in [0.15, 0.2) is 0 Å². The van der Waals surface area contributed by atoms with Gasteiger partial charge in [-0.3, -0.25) is 19.3 Å². The molecule has 3 aromatic carbocycles. The number of aryl methyl sites for hydroxylation is 1. The smallest absolute Gasteiger partial charge is 0.278 e. The summed E-state index contributed by atoms with van der Waals surface area (Å²) in [5.41, 5.74) is 4.13. The third kappa shape index (κ3) is 4.81. The van der Waals surface area contributed by atoms with Gasteiger partial charge in [0.05, 0.1) is 12.1 Å². The Balaban J connectivity index is 1.70. The highest BCUT2D eigenvalue weighted by atomic mass is 35.5. The van der Waals surface area contributed by atoms with Gasteiger partial charge >= 0.3 is 0 Å². The molecule has 0 unspecified atom stereocenters. The van der Waals surface area contributed by atoms with Crippen LogP contribution in [0.5, 0.6) is 0 Å². The highest BCUT2D eigenvalue weighted by Gasteiger charge is 2.39. The third-order valence-corrected chi connectivity index (χ3v) is 5.64. The molecule has 3 amide bonds. The quantitative estimate of drug-likeness (QED) is 0.508. The van der Waals surface area contributed by atoms with Gasteiger partial charge in [-0.1, -0.05) is 59.6 Å². The van der Waals surface area contributed by atoms with E-state index in [1.807, 2.05) is 37.3 Å². The minimum Gasteiger partial charge on any atom is -0.350 e. The van der Waals surface area contributed by atoms with Gasteiger partial charge in [0, 0.05) is 23.3 Å². The van der Waals surface area contributed by atoms with Gasteiger partial charge in [-0.2, -0.15) is 0 Å². The molecule has 3 aromatic rings. The third-order valence-electron chi connectivity index (χ3n) is 5.27. The van der Waals surface area contributed by atoms with E-state index in [2.05, 4.69) is 10.6 Å². The summed E-state index contributed by atoms with van der Waals surface area (Å²) in [5, 5.41) is 6.31. The molecule has 0 radical (unpaired) electrons. The van der Waals surface area contributed by atoms with Crippen LogP contribution in [0.1, 0.15) is 23.6 Å². The predicted molar refractivity (Wildman–Crippen MR) is 129 cm³/mol. The van der Waals surface area contributed by atoms with E-state index in [-0.39, 0.29) is 24.1 Å². The number of amides is 3. The predicted octanol–water partition coefficient (Wildman–Crippen LogP) is 5.00. The molecule has 0 saturated heterocycles. The molecule has 0 aromatic heterocycles. The van der Waals surface area contributed by atoms with Crippen LogP contribution in [-0.4, -0.2) is 22.6 Å². The fraction of sp³-hybridized carbons (Fsp3) is 0.115. The number of rotatable bonds is 6. The molecule has 0 atom stereocenters. The lowest BCUT2D eigenvalue weighted by Crippen LogP contribution is -2.32. The number of hydrogen-bond acceptors (Lipinski definition) is 4. The van der Waals surface area contributed by atoms with Crippen LogP contribution in [0.3, 0.4) is 0 Å². The monoisotopic (exact) mass is 459 g/mol. The van der Waals surface area contributed by atoms with E-state index in [1.165, 1.54) is 11.8 Å². The second kappa shape index (κ2) is 9.30. The van der Waals surface area contributed by atoms with E-state index < -0.39 is 5.91 Å². The van der Waals surface area contributed by atoms with Crippen LogP contribution >= 0.6 is 11.6 Å². The number of anilines is 2. The molecule has 2 N–H and O–H groups in total. The fourth-order valence-corrected chi connectivity index (χ4v) is 3.80. The highest BCUT2D eigenvalue weighted by Crippen LogP contribution is 2.32. The summed E-state index contributed by atoms with van der Waals surface area (Å²) in [7, 11) is 0. The van der Waals surface area contributed by atoms with Crippen molar-refractivity contribution in [2.75, 3.05) is 10.6 Å². The Hall–Kier alpha value is -3.90. The molecule has 166 valence electrons. The van der Waals surface area contributed by atoms with Crippen molar-refractivity contribution in [2.45, 2.75) is 20.4 Å². The molecule has 1 aliphatic heterocycles. The van der Waals surface area contributed by atoms with Gasteiger partial charge in [0.1, 0.15) is 5.70 Å². The van der Waals surface area contributed by atoms with Crippen LogP contribution in [0.4, 0.5) is 11.4 Å². The molecule has 0 aliphatic carbocycles. The van der Waals surface area contributed by atoms with Gasteiger partial charge in [-0.05, 0) is 48.4 Å². The molecule has 0 fully saturated rings. The fourth-order valence-electron chi connectivity index (χ4n) is 3.61. The van der Waals surface area contributed by atoms with Crippen LogP contribution in [0, 0.1) is 6.92 Å². The molecule has 1 aliphatic rings. The van der Waals surface area contributed by atoms with Crippen molar-refractivity contribution in [1.29, 1.82) is 0 Å². The Bertz CT molecular complexity index is 1260. The van der Waals surface area contributed by atoms with Gasteiger partial charge in [0.2, 0.25) is 5.91 Å². The number of nitrogens with zero attached hydrogens (tertiary/aromatic N) is 1. The summed E-state index contributed by atoms with van der Waals surface area (Å²) in [4.78, 5) is 39.3. The second-order valence-corrected chi connectivity index (χ2v) is 8.19. The van der Waals surface area contributed by atoms with E-state index in [4.69, 9.17) is 11.6 Å². The zero-order chi connectivity index (χ0) is 23.5. The SMILES string of the molecule is CC(=O)Nc1ccc(NC2=C(c3ccc(C)cc3)C(=O)N(Cc3ccccc3Cl)C2=O)cc1. The average molecular weight is 460 g/mol. The van der Waals surface area contributed by atoms with E-state index in [1.54, 1.807) is 42.5 Å². The Morgan fingerprint density at radius 2 is 1.52 bits per heavy atom. The van der Waals surface area contributed by atoms with E-state index in [9.17, 15) is 14.4 Å². The largest absolute Gasteiger partial charge is 0.350 e. The Labute approximate surface area is 196 Å². The number of carbonyl (C=O) groups excluding carboxylic acids is 3. The number of halogens is 1. The zero-order valence-corrected chi connectivity index (χ0v) is 18.9. The summed E-state index contributed by atoms with van der Waals surface area (Å²) < 4.78 is 0. The summed E-state index contributed by atoms with van der Waals surface area (Å²) >= 11 is 6.28. The first-order chi connectivity index (χ1) is 15.8. The first-order valence-corrected chi connectivity index (χ1v) is 10.8. The van der Waals surface area contributed by atoms with Crippen molar-refractivity contribution < 1.29 is 14.4 Å². The van der Waals surface area contributed by atoms with Crippen molar-refractivity contribution in [1.82, 2.24) is 4.90 Å². The zero-order valence-electron chi connectivity index (χ0n) is 18.2. The number of imide groups is 1. The number of hydrogen-bond donors (Lipinski definition) is 2. The molecule has 4 rings (SSSR count). The van der Waals surface area contributed by atoms with Crippen molar-refractivity contribution in [2.24, 2.45) is 0 Å². The Kier molecular flexibility index (Phi) is 6.29. The first-order valence-electron chi connectivity index (χ1n) is 10.4. The van der Waals surface area contributed by atoms with Crippen LogP contribution in [0.25, 0.3) is 5.57 Å². The van der Waals surface area contributed by atoms with Gasteiger partial charge in [-0.15, -0.1) is 0 Å². The van der Waals surface area contributed by atoms with Gasteiger partial charge in [-0.25, -0.2) is 0 Å². The maximum atomic E-state index is 13.4. The van der Waals surface area contributed by atoms with Crippen molar-refractivity contribution in [3.63, 3.8) is 0 Å². The molecule has 0 bridgehead atoms. The standard InChI is InChI=1S/C26H22ClN3O3/c1-16-7-9-18(10-8-16)23-24(29-21-13-11-20(12-14-21)28-17(2)31)26(33)30(25(23)32)15-19-5-3-4-6-22(19)27/h3-14,29H,15H2,1-2H3,(H,28,31). The lowest BCUT2D eigenvalue weighted by atomic mass is 10.0. The number of carbonyl (C=O) groups is 3. The van der Waals surface area contributed by atoms with Crippen LogP contribution in [0.2, 0.25) is 5.02 Å². The topological polar surface area (TPSA) is 78.5 Å². The minimum atomic E-state index is -0.429. The van der Waals surface area contributed by atoms with Gasteiger partial charge < -0.3 is 10.6 Å². The van der Waals surface area contributed by atoms with Crippen LogP contribution in [-0.2, 0) is 20.9 Å². The number of benzene rings is 3. The van der Waals surface area contributed by atoms with Crippen LogP contribution in [0.15, 0.2) is 78.5 Å². The summed E-state index contributed by atoms with van der Waals surface area (Å²) in [6.45, 7) is 3.46. The maximum Gasteiger partial charge on any atom is 0.278 e. The van der Waals surface area contributed by atoms with Gasteiger partial charge in [0.25, 0.3) is 11.8 Å². The Morgan fingerprint density at radius 1 is 0.879 bits per heavy atom. The molecule has 33 heavy (non-hydrogen) atoms. The summed E-state index contributed by atoms with van der Waals surface area (Å²) in [5.74, 6) is -0.991. The lowest BCUT2D eigenvalue weighted by molar-refractivity contribution is -0.137. The minimum absolute atomic E-state index is 0.0688. The molecule has 7 heteroatoms. The number of nitrogens with one attached hydrogen (secondary N) is 2. The highest BCUT2D eigenvalue weighted by molar-refractivity contribution is 6.36.